The van der Waals surface area contributed by atoms with Gasteiger partial charge in [-0.25, -0.2) is 9.18 Å². The van der Waals surface area contributed by atoms with Gasteiger partial charge in [-0.3, -0.25) is 9.69 Å². The molecule has 0 unspecified atom stereocenters. The van der Waals surface area contributed by atoms with Crippen LogP contribution in [0.1, 0.15) is 27.2 Å². The lowest BCUT2D eigenvalue weighted by atomic mass is 10.1. The van der Waals surface area contributed by atoms with Crippen molar-refractivity contribution in [2.75, 3.05) is 26.8 Å². The molecule has 4 rings (SSSR count). The van der Waals surface area contributed by atoms with Gasteiger partial charge in [-0.05, 0) is 29.3 Å². The second-order valence-electron chi connectivity index (χ2n) is 8.20. The first-order chi connectivity index (χ1) is 16.5. The second kappa shape index (κ2) is 10.5. The first kappa shape index (κ1) is 23.5. The van der Waals surface area contributed by atoms with Gasteiger partial charge in [0.2, 0.25) is 0 Å². The molecule has 0 aliphatic carbocycles. The van der Waals surface area contributed by atoms with Crippen LogP contribution in [0.25, 0.3) is 0 Å². The zero-order valence-corrected chi connectivity index (χ0v) is 19.0. The number of fused-ring (bicyclic) bond motifs is 1. The third kappa shape index (κ3) is 5.28. The Bertz CT molecular complexity index is 1240. The van der Waals surface area contributed by atoms with Gasteiger partial charge in [-0.15, -0.1) is 0 Å². The lowest BCUT2D eigenvalue weighted by Crippen LogP contribution is -2.29. The van der Waals surface area contributed by atoms with Gasteiger partial charge in [-0.2, -0.15) is 0 Å². The number of nitrogens with zero attached hydrogens (tertiary/aromatic N) is 2. The molecule has 0 bridgehead atoms. The van der Waals surface area contributed by atoms with Gasteiger partial charge >= 0.3 is 5.97 Å². The zero-order valence-electron chi connectivity index (χ0n) is 19.0. The second-order valence-corrected chi connectivity index (χ2v) is 8.20. The third-order valence-electron chi connectivity index (χ3n) is 5.98. The molecular formula is C26H27FN2O5. The summed E-state index contributed by atoms with van der Waals surface area (Å²) in [7, 11) is 1.29. The molecule has 1 N–H and O–H groups in total. The maximum Gasteiger partial charge on any atom is 0.343 e. The number of carbonyl (C=O) groups excluding carboxylic acids is 1. The van der Waals surface area contributed by atoms with E-state index in [0.29, 0.717) is 50.3 Å². The number of phenolic OH excluding ortho intramolecular Hbond substituents is 1. The van der Waals surface area contributed by atoms with E-state index in [2.05, 4.69) is 4.90 Å². The first-order valence-corrected chi connectivity index (χ1v) is 11.2. The number of benzene rings is 2. The molecule has 1 aliphatic heterocycles. The highest BCUT2D eigenvalue weighted by Crippen LogP contribution is 2.25. The van der Waals surface area contributed by atoms with E-state index in [9.17, 15) is 19.1 Å². The molecular weight excluding hydrogens is 439 g/mol. The summed E-state index contributed by atoms with van der Waals surface area (Å²) in [4.78, 5) is 27.8. The van der Waals surface area contributed by atoms with Crippen molar-refractivity contribution in [3.63, 3.8) is 0 Å². The average molecular weight is 467 g/mol. The molecule has 1 aliphatic rings. The van der Waals surface area contributed by atoms with Gasteiger partial charge in [0.1, 0.15) is 22.9 Å². The molecule has 0 amide bonds. The number of esters is 1. The fraction of sp³-hybridized carbons (Fsp3) is 0.308. The number of phenols is 1. The van der Waals surface area contributed by atoms with Crippen molar-refractivity contribution in [3.8, 4) is 11.5 Å². The highest BCUT2D eigenvalue weighted by atomic mass is 19.1. The number of ether oxygens (including phenoxy) is 2. The van der Waals surface area contributed by atoms with Crippen LogP contribution in [0.3, 0.4) is 0 Å². The van der Waals surface area contributed by atoms with Crippen molar-refractivity contribution < 1.29 is 23.8 Å². The average Bonchev–Trinajstić information content (AvgIpc) is 3.03. The number of hydrogen-bond acceptors (Lipinski definition) is 6. The standard InChI is InChI=1S/C26H27FN2O5/c1-33-26(32)25-22-9-11-28(17-18-5-4-7-20(30)15-18)12-13-29(22)24(31)16-23(25)34-14-10-19-6-2-3-8-21(19)27/h2-8,15-16,30H,9-14,17H2,1H3. The quantitative estimate of drug-likeness (QED) is 0.539. The Morgan fingerprint density at radius 3 is 2.68 bits per heavy atom. The van der Waals surface area contributed by atoms with Crippen LogP contribution in [0.4, 0.5) is 4.39 Å². The van der Waals surface area contributed by atoms with Crippen molar-refractivity contribution in [2.24, 2.45) is 0 Å². The monoisotopic (exact) mass is 466 g/mol. The Kier molecular flexibility index (Phi) is 7.27. The lowest BCUT2D eigenvalue weighted by molar-refractivity contribution is 0.0593. The Labute approximate surface area is 197 Å². The van der Waals surface area contributed by atoms with Crippen LogP contribution in [0, 0.1) is 5.82 Å². The van der Waals surface area contributed by atoms with E-state index >= 15 is 0 Å². The Morgan fingerprint density at radius 1 is 1.09 bits per heavy atom. The molecule has 34 heavy (non-hydrogen) atoms. The van der Waals surface area contributed by atoms with E-state index in [1.165, 1.54) is 19.2 Å². The van der Waals surface area contributed by atoms with Gasteiger partial charge in [0.15, 0.2) is 0 Å². The number of aromatic nitrogens is 1. The minimum atomic E-state index is -0.578. The molecule has 2 heterocycles. The van der Waals surface area contributed by atoms with Crippen molar-refractivity contribution in [1.82, 2.24) is 9.47 Å². The summed E-state index contributed by atoms with van der Waals surface area (Å²) >= 11 is 0. The maximum atomic E-state index is 13.9. The summed E-state index contributed by atoms with van der Waals surface area (Å²) in [6.07, 6.45) is 0.742. The van der Waals surface area contributed by atoms with E-state index in [-0.39, 0.29) is 35.0 Å². The molecule has 1 aromatic heterocycles. The molecule has 2 aromatic carbocycles. The van der Waals surface area contributed by atoms with E-state index in [0.717, 1.165) is 5.56 Å². The summed E-state index contributed by atoms with van der Waals surface area (Å²) in [6.45, 7) is 2.34. The fourth-order valence-electron chi connectivity index (χ4n) is 4.27. The number of halogens is 1. The molecule has 0 spiro atoms. The SMILES string of the molecule is COC(=O)c1c(OCCc2ccccc2F)cc(=O)n2c1CCN(Cc1cccc(O)c1)CC2. The smallest absolute Gasteiger partial charge is 0.343 e. The lowest BCUT2D eigenvalue weighted by Gasteiger charge is -2.19. The van der Waals surface area contributed by atoms with Gasteiger partial charge in [0.05, 0.1) is 13.7 Å². The summed E-state index contributed by atoms with van der Waals surface area (Å²) in [5.41, 5.74) is 2.00. The van der Waals surface area contributed by atoms with Crippen LogP contribution in [-0.4, -0.2) is 47.3 Å². The first-order valence-electron chi connectivity index (χ1n) is 11.2. The molecule has 178 valence electrons. The molecule has 0 atom stereocenters. The predicted octanol–water partition coefficient (Wildman–Crippen LogP) is 3.16. The molecule has 0 saturated heterocycles. The third-order valence-corrected chi connectivity index (χ3v) is 5.98. The maximum absolute atomic E-state index is 13.9. The number of rotatable bonds is 7. The van der Waals surface area contributed by atoms with Gasteiger partial charge in [0.25, 0.3) is 5.56 Å². The van der Waals surface area contributed by atoms with Crippen LogP contribution >= 0.6 is 0 Å². The molecule has 0 radical (unpaired) electrons. The Balaban J connectivity index is 1.56. The summed E-state index contributed by atoms with van der Waals surface area (Å²) in [5, 5.41) is 9.74. The highest BCUT2D eigenvalue weighted by molar-refractivity contribution is 5.93. The van der Waals surface area contributed by atoms with Crippen LogP contribution in [0.2, 0.25) is 0 Å². The highest BCUT2D eigenvalue weighted by Gasteiger charge is 2.26. The fourth-order valence-corrected chi connectivity index (χ4v) is 4.27. The van der Waals surface area contributed by atoms with E-state index < -0.39 is 5.97 Å². The van der Waals surface area contributed by atoms with Gasteiger partial charge in [0, 0.05) is 50.8 Å². The number of pyridine rings is 1. The van der Waals surface area contributed by atoms with Crippen LogP contribution in [0.15, 0.2) is 59.4 Å². The van der Waals surface area contributed by atoms with Gasteiger partial charge < -0.3 is 19.1 Å². The van der Waals surface area contributed by atoms with Gasteiger partial charge in [-0.1, -0.05) is 30.3 Å². The molecule has 3 aromatic rings. The van der Waals surface area contributed by atoms with E-state index in [1.54, 1.807) is 41.0 Å². The van der Waals surface area contributed by atoms with Crippen LogP contribution in [0.5, 0.6) is 11.5 Å². The normalized spacial score (nSPS) is 13.7. The number of carbonyl (C=O) groups is 1. The Morgan fingerprint density at radius 2 is 1.91 bits per heavy atom. The van der Waals surface area contributed by atoms with E-state index in [4.69, 9.17) is 9.47 Å². The minimum absolute atomic E-state index is 0.109. The number of methoxy groups -OCH3 is 1. The number of hydrogen-bond donors (Lipinski definition) is 1. The molecule has 7 nitrogen and oxygen atoms in total. The van der Waals surface area contributed by atoms with Crippen LogP contribution < -0.4 is 10.3 Å². The molecule has 8 heteroatoms. The van der Waals surface area contributed by atoms with Crippen LogP contribution in [-0.2, 0) is 30.7 Å². The Hall–Kier alpha value is -3.65. The summed E-state index contributed by atoms with van der Waals surface area (Å²) < 4.78 is 26.3. The van der Waals surface area contributed by atoms with E-state index in [1.807, 2.05) is 6.07 Å². The largest absolute Gasteiger partial charge is 0.508 e. The van der Waals surface area contributed by atoms with Crippen molar-refractivity contribution in [2.45, 2.75) is 25.9 Å². The zero-order chi connectivity index (χ0) is 24.1. The van der Waals surface area contributed by atoms with Crippen molar-refractivity contribution >= 4 is 5.97 Å². The van der Waals surface area contributed by atoms with Crippen molar-refractivity contribution in [1.29, 1.82) is 0 Å². The topological polar surface area (TPSA) is 81.0 Å². The minimum Gasteiger partial charge on any atom is -0.508 e. The predicted molar refractivity (Wildman–Crippen MR) is 125 cm³/mol. The number of aromatic hydroxyl groups is 1. The van der Waals surface area contributed by atoms with Crippen molar-refractivity contribution in [3.05, 3.63) is 93.2 Å². The summed E-state index contributed by atoms with van der Waals surface area (Å²) in [6, 6.07) is 14.8. The molecule has 0 saturated carbocycles. The molecule has 0 fully saturated rings. The summed E-state index contributed by atoms with van der Waals surface area (Å²) in [5.74, 6) is -0.544.